The first-order valence-electron chi connectivity index (χ1n) is 8.15. The Morgan fingerprint density at radius 1 is 1.00 bits per heavy atom. The van der Waals surface area contributed by atoms with Crippen LogP contribution in [0.15, 0.2) is 28.0 Å². The van der Waals surface area contributed by atoms with Gasteiger partial charge in [-0.3, -0.25) is 0 Å². The zero-order valence-corrected chi connectivity index (χ0v) is 18.4. The molecule has 1 aromatic rings. The minimum absolute atomic E-state index is 0.184. The Balaban J connectivity index is 3.81. The van der Waals surface area contributed by atoms with Gasteiger partial charge in [0.15, 0.2) is 9.84 Å². The molecule has 11 heteroatoms. The Labute approximate surface area is 165 Å². The number of sulfonamides is 1. The maximum Gasteiger partial charge on any atom is 0.456 e. The predicted molar refractivity (Wildman–Crippen MR) is 101 cm³/mol. The van der Waals surface area contributed by atoms with Gasteiger partial charge in [-0.25, -0.2) is 18.0 Å². The van der Waals surface area contributed by atoms with Crippen LogP contribution in [0.4, 0.5) is 4.79 Å². The van der Waals surface area contributed by atoms with Crippen molar-refractivity contribution in [3.8, 4) is 0 Å². The van der Waals surface area contributed by atoms with E-state index in [1.807, 2.05) is 0 Å². The molecule has 0 aliphatic rings. The van der Waals surface area contributed by atoms with Gasteiger partial charge in [0, 0.05) is 6.26 Å². The molecule has 1 N–H and O–H groups in total. The highest BCUT2D eigenvalue weighted by atomic mass is 32.2. The van der Waals surface area contributed by atoms with Crippen LogP contribution in [-0.4, -0.2) is 44.7 Å². The molecule has 0 saturated carbocycles. The van der Waals surface area contributed by atoms with Crippen LogP contribution >= 0.6 is 0 Å². The molecule has 0 radical (unpaired) electrons. The molecule has 0 unspecified atom stereocenters. The number of rotatable bonds is 3. The smallest absolute Gasteiger partial charge is 0.456 e. The molecule has 0 aromatic heterocycles. The second-order valence-electron chi connectivity index (χ2n) is 8.30. The van der Waals surface area contributed by atoms with E-state index in [0.717, 1.165) is 12.3 Å². The largest absolute Gasteiger partial charge is 0.462 e. The fraction of sp³-hybridized carbons (Fsp3) is 0.529. The number of sulfone groups is 1. The molecule has 0 aliphatic heterocycles. The van der Waals surface area contributed by atoms with Crippen molar-refractivity contribution < 1.29 is 36.4 Å². The lowest BCUT2D eigenvalue weighted by molar-refractivity contribution is -0.174. The van der Waals surface area contributed by atoms with Gasteiger partial charge < -0.3 is 9.94 Å². The summed E-state index contributed by atoms with van der Waals surface area (Å²) in [7, 11) is -9.13. The first-order chi connectivity index (χ1) is 12.3. The van der Waals surface area contributed by atoms with E-state index >= 15 is 0 Å². The Morgan fingerprint density at radius 2 is 1.50 bits per heavy atom. The Bertz CT molecular complexity index is 997. The number of amides is 1. The molecular weight excluding hydrogens is 410 g/mol. The van der Waals surface area contributed by atoms with Crippen LogP contribution in [0.2, 0.25) is 0 Å². The Morgan fingerprint density at radius 3 is 1.86 bits per heavy atom. The fourth-order valence-electron chi connectivity index (χ4n) is 2.18. The third-order valence-corrected chi connectivity index (χ3v) is 6.46. The van der Waals surface area contributed by atoms with E-state index in [0.29, 0.717) is 0 Å². The first-order valence-corrected chi connectivity index (χ1v) is 11.5. The molecule has 9 nitrogen and oxygen atoms in total. The van der Waals surface area contributed by atoms with Crippen LogP contribution in [0.5, 0.6) is 0 Å². The van der Waals surface area contributed by atoms with E-state index in [9.17, 15) is 31.5 Å². The molecule has 28 heavy (non-hydrogen) atoms. The number of hydrogen-bond donors (Lipinski definition) is 1. The topological polar surface area (TPSA) is 135 Å². The second-order valence-corrected chi connectivity index (χ2v) is 12.0. The highest BCUT2D eigenvalue weighted by Crippen LogP contribution is 2.35. The maximum absolute atomic E-state index is 13.0. The van der Waals surface area contributed by atoms with Crippen LogP contribution in [0.1, 0.15) is 47.1 Å². The molecule has 0 atom stereocenters. The zero-order chi connectivity index (χ0) is 22.3. The Kier molecular flexibility index (Phi) is 6.28. The molecule has 0 fully saturated rings. The molecule has 0 saturated heterocycles. The average Bonchev–Trinajstić information content (AvgIpc) is 2.48. The summed E-state index contributed by atoms with van der Waals surface area (Å²) >= 11 is 0. The second kappa shape index (κ2) is 7.36. The van der Waals surface area contributed by atoms with Gasteiger partial charge in [-0.05, 0) is 42.3 Å². The van der Waals surface area contributed by atoms with Gasteiger partial charge in [0.25, 0.3) is 0 Å². The SMILES string of the molecule is CC(C)(C)C(=O)ON(C(=O)O)S(=O)(=O)c1cccc(C(C)(C)C)c1S(C)(=O)=O. The van der Waals surface area contributed by atoms with Crippen LogP contribution < -0.4 is 0 Å². The number of nitrogens with zero attached hydrogens (tertiary/aromatic N) is 1. The summed E-state index contributed by atoms with van der Waals surface area (Å²) in [6, 6.07) is 3.71. The minimum atomic E-state index is -5.04. The number of carboxylic acid groups (broad SMARTS) is 1. The molecule has 0 spiro atoms. The lowest BCUT2D eigenvalue weighted by Gasteiger charge is -2.26. The highest BCUT2D eigenvalue weighted by Gasteiger charge is 2.40. The van der Waals surface area contributed by atoms with E-state index in [1.165, 1.54) is 32.9 Å². The van der Waals surface area contributed by atoms with E-state index in [-0.39, 0.29) is 5.56 Å². The van der Waals surface area contributed by atoms with Crippen molar-refractivity contribution >= 4 is 31.9 Å². The van der Waals surface area contributed by atoms with Gasteiger partial charge in [-0.2, -0.15) is 8.42 Å². The quantitative estimate of drug-likeness (QED) is 0.716. The van der Waals surface area contributed by atoms with Crippen LogP contribution in [0.3, 0.4) is 0 Å². The normalized spacial score (nSPS) is 13.1. The third-order valence-electron chi connectivity index (χ3n) is 3.59. The Hall–Kier alpha value is -2.14. The zero-order valence-electron chi connectivity index (χ0n) is 16.8. The number of carbonyl (C=O) groups is 2. The number of hydrogen-bond acceptors (Lipinski definition) is 7. The van der Waals surface area contributed by atoms with Crippen LogP contribution in [-0.2, 0) is 34.9 Å². The monoisotopic (exact) mass is 435 g/mol. The molecule has 158 valence electrons. The average molecular weight is 436 g/mol. The van der Waals surface area contributed by atoms with E-state index in [1.54, 1.807) is 20.8 Å². The van der Waals surface area contributed by atoms with E-state index in [4.69, 9.17) is 0 Å². The van der Waals surface area contributed by atoms with Gasteiger partial charge in [0.1, 0.15) is 4.90 Å². The summed E-state index contributed by atoms with van der Waals surface area (Å²) in [5.74, 6) is -1.12. The lowest BCUT2D eigenvalue weighted by atomic mass is 9.87. The summed E-state index contributed by atoms with van der Waals surface area (Å²) in [6.45, 7) is 9.27. The van der Waals surface area contributed by atoms with Crippen molar-refractivity contribution in [1.29, 1.82) is 0 Å². The maximum atomic E-state index is 13.0. The van der Waals surface area contributed by atoms with Gasteiger partial charge >= 0.3 is 22.1 Å². The van der Waals surface area contributed by atoms with Crippen molar-refractivity contribution in [2.45, 2.75) is 56.7 Å². The highest BCUT2D eigenvalue weighted by molar-refractivity contribution is 7.93. The van der Waals surface area contributed by atoms with Crippen LogP contribution in [0.25, 0.3) is 0 Å². The molecule has 0 bridgehead atoms. The number of carbonyl (C=O) groups excluding carboxylic acids is 1. The summed E-state index contributed by atoms with van der Waals surface area (Å²) in [5, 5.41) is 9.33. The summed E-state index contributed by atoms with van der Waals surface area (Å²) in [5.41, 5.74) is -1.78. The molecule has 1 aromatic carbocycles. The molecule has 1 rings (SSSR count). The molecule has 0 aliphatic carbocycles. The summed E-state index contributed by atoms with van der Waals surface area (Å²) in [4.78, 5) is 26.9. The van der Waals surface area contributed by atoms with Crippen molar-refractivity contribution in [1.82, 2.24) is 4.47 Å². The van der Waals surface area contributed by atoms with Crippen molar-refractivity contribution in [2.75, 3.05) is 6.26 Å². The van der Waals surface area contributed by atoms with Gasteiger partial charge in [0.2, 0.25) is 0 Å². The summed E-state index contributed by atoms with van der Waals surface area (Å²) < 4.78 is 50.3. The minimum Gasteiger partial charge on any atom is -0.462 e. The number of hydroxylamine groups is 1. The fourth-order valence-corrected chi connectivity index (χ4v) is 5.31. The number of benzene rings is 1. The molecule has 0 heterocycles. The summed E-state index contributed by atoms with van der Waals surface area (Å²) in [6.07, 6.45) is -1.26. The van der Waals surface area contributed by atoms with E-state index in [2.05, 4.69) is 4.84 Å². The van der Waals surface area contributed by atoms with Gasteiger partial charge in [-0.1, -0.05) is 32.9 Å². The molecular formula is C17H25NO8S2. The van der Waals surface area contributed by atoms with Gasteiger partial charge in [0.05, 0.1) is 10.3 Å². The predicted octanol–water partition coefficient (Wildman–Crippen LogP) is 2.56. The first kappa shape index (κ1) is 23.9. The van der Waals surface area contributed by atoms with Crippen molar-refractivity contribution in [2.24, 2.45) is 5.41 Å². The van der Waals surface area contributed by atoms with Crippen molar-refractivity contribution in [3.05, 3.63) is 23.8 Å². The van der Waals surface area contributed by atoms with Crippen molar-refractivity contribution in [3.63, 3.8) is 0 Å². The van der Waals surface area contributed by atoms with Gasteiger partial charge in [-0.15, -0.1) is 0 Å². The molecule has 1 amide bonds. The van der Waals surface area contributed by atoms with Crippen LogP contribution in [0, 0.1) is 5.41 Å². The lowest BCUT2D eigenvalue weighted by Crippen LogP contribution is -2.41. The standard InChI is InChI=1S/C17H25NO8S2/c1-16(2,3)11-9-8-10-12(13(11)27(7,22)23)28(24,25)18(15(20)21)26-14(19)17(4,5)6/h8-10H,1-7H3,(H,20,21). The van der Waals surface area contributed by atoms with E-state index < -0.39 is 57.0 Å². The third kappa shape index (κ3) is 5.02.